The molecule has 5 nitrogen and oxygen atoms in total. The van der Waals surface area contributed by atoms with Gasteiger partial charge in [0, 0.05) is 6.42 Å². The highest BCUT2D eigenvalue weighted by atomic mass is 32.2. The van der Waals surface area contributed by atoms with Crippen LogP contribution in [0, 0.1) is 0 Å². The van der Waals surface area contributed by atoms with Crippen LogP contribution in [-0.4, -0.2) is 28.7 Å². The number of allylic oxidation sites excluding steroid dienone is 1. The molecule has 156 valence electrons. The Morgan fingerprint density at radius 2 is 1.74 bits per heavy atom. The molecule has 31 heavy (non-hydrogen) atoms. The van der Waals surface area contributed by atoms with Gasteiger partial charge in [-0.25, -0.2) is 4.99 Å². The van der Waals surface area contributed by atoms with Gasteiger partial charge < -0.3 is 0 Å². The van der Waals surface area contributed by atoms with Crippen LogP contribution in [-0.2, 0) is 14.4 Å². The van der Waals surface area contributed by atoms with E-state index >= 15 is 0 Å². The van der Waals surface area contributed by atoms with E-state index in [4.69, 9.17) is 0 Å². The van der Waals surface area contributed by atoms with Crippen LogP contribution in [0.25, 0.3) is 6.08 Å². The lowest BCUT2D eigenvalue weighted by Gasteiger charge is -2.18. The van der Waals surface area contributed by atoms with Crippen LogP contribution < -0.4 is 4.90 Å². The normalized spacial score (nSPS) is 21.7. The third-order valence-corrected chi connectivity index (χ3v) is 6.12. The summed E-state index contributed by atoms with van der Waals surface area (Å²) in [5, 5.41) is 0.336. The van der Waals surface area contributed by atoms with E-state index in [0.29, 0.717) is 21.7 Å². The first-order valence-electron chi connectivity index (χ1n) is 10.1. The third-order valence-electron chi connectivity index (χ3n) is 5.14. The molecule has 1 atom stereocenters. The summed E-state index contributed by atoms with van der Waals surface area (Å²) in [4.78, 5) is 44.2. The van der Waals surface area contributed by atoms with E-state index in [2.05, 4.69) is 31.0 Å². The van der Waals surface area contributed by atoms with Crippen LogP contribution in [0.5, 0.6) is 0 Å². The number of aliphatic imine (C=N–C) groups is 1. The maximum absolute atomic E-state index is 13.3. The quantitative estimate of drug-likeness (QED) is 0.518. The van der Waals surface area contributed by atoms with Crippen molar-refractivity contribution in [2.45, 2.75) is 32.2 Å². The van der Waals surface area contributed by atoms with Crippen molar-refractivity contribution < 1.29 is 14.4 Å². The Balaban J connectivity index is 1.72. The van der Waals surface area contributed by atoms with Crippen LogP contribution in [0.3, 0.4) is 0 Å². The molecule has 0 saturated carbocycles. The van der Waals surface area contributed by atoms with E-state index in [-0.39, 0.29) is 23.9 Å². The van der Waals surface area contributed by atoms with Crippen molar-refractivity contribution in [3.8, 4) is 0 Å². The number of benzene rings is 2. The Hall–Kier alpha value is -3.25. The molecule has 1 aliphatic carbocycles. The first-order valence-corrected chi connectivity index (χ1v) is 11.0. The van der Waals surface area contributed by atoms with Crippen molar-refractivity contribution >= 4 is 46.2 Å². The largest absolute Gasteiger partial charge is 0.296 e. The fraction of sp³-hybridized carbons (Fsp3) is 0.200. The fourth-order valence-corrected chi connectivity index (χ4v) is 4.40. The average molecular weight is 431 g/mol. The number of ketones is 2. The van der Waals surface area contributed by atoms with Crippen LogP contribution >= 0.6 is 11.8 Å². The molecular weight excluding hydrogens is 408 g/mol. The van der Waals surface area contributed by atoms with Gasteiger partial charge in [0.25, 0.3) is 5.91 Å². The second kappa shape index (κ2) is 8.86. The Labute approximate surface area is 185 Å². The molecule has 0 bridgehead atoms. The van der Waals surface area contributed by atoms with Crippen LogP contribution in [0.15, 0.2) is 76.6 Å². The van der Waals surface area contributed by atoms with Gasteiger partial charge in [0.2, 0.25) is 0 Å². The summed E-state index contributed by atoms with van der Waals surface area (Å²) in [5.74, 6) is -0.417. The molecule has 2 aliphatic rings. The van der Waals surface area contributed by atoms with Crippen molar-refractivity contribution in [3.63, 3.8) is 0 Å². The minimum atomic E-state index is -1.10. The summed E-state index contributed by atoms with van der Waals surface area (Å²) in [6.07, 6.45) is 4.93. The second-order valence-corrected chi connectivity index (χ2v) is 8.71. The maximum atomic E-state index is 13.3. The molecule has 1 unspecified atom stereocenters. The zero-order valence-electron chi connectivity index (χ0n) is 17.3. The molecule has 4 rings (SSSR count). The molecule has 2 aromatic rings. The lowest BCUT2D eigenvalue weighted by atomic mass is 10.00. The van der Waals surface area contributed by atoms with Gasteiger partial charge in [-0.15, -0.1) is 0 Å². The highest BCUT2D eigenvalue weighted by molar-refractivity contribution is 8.19. The number of thioether (sulfide) groups is 1. The number of Topliss-reactive ketones (excluding diaryl/α,β-unsaturated/α-hetero) is 1. The Morgan fingerprint density at radius 3 is 2.39 bits per heavy atom. The van der Waals surface area contributed by atoms with Crippen molar-refractivity contribution in [2.24, 2.45) is 4.99 Å². The van der Waals surface area contributed by atoms with E-state index in [9.17, 15) is 14.4 Å². The SMILES string of the molecule is CC(C)c1ccc(/C=C2/SC(=NC3C(=O)C=CCC3=O)N(c3ccccc3)C2=O)cc1. The van der Waals surface area contributed by atoms with Gasteiger partial charge in [-0.1, -0.05) is 62.4 Å². The molecule has 1 fully saturated rings. The molecule has 0 spiro atoms. The van der Waals surface area contributed by atoms with Crippen molar-refractivity contribution in [3.05, 3.63) is 82.8 Å². The molecule has 6 heteroatoms. The smallest absolute Gasteiger partial charge is 0.271 e. The number of para-hydroxylation sites is 1. The standard InChI is InChI=1S/C25H22N2O3S/c1-16(2)18-13-11-17(12-14-18)15-22-24(30)27(19-7-4-3-5-8-19)25(31-22)26-23-20(28)9-6-10-21(23)29/h3-9,11-16,23H,10H2,1-2H3/b22-15+,26-25?. The number of hydrogen-bond donors (Lipinski definition) is 0. The third kappa shape index (κ3) is 4.44. The Kier molecular flexibility index (Phi) is 6.00. The summed E-state index contributed by atoms with van der Waals surface area (Å²) in [6.45, 7) is 4.26. The van der Waals surface area contributed by atoms with Crippen molar-refractivity contribution in [1.29, 1.82) is 0 Å². The first kappa shape index (κ1) is 21.0. The van der Waals surface area contributed by atoms with E-state index in [1.54, 1.807) is 18.2 Å². The van der Waals surface area contributed by atoms with Crippen molar-refractivity contribution in [2.75, 3.05) is 4.90 Å². The number of nitrogens with zero attached hydrogens (tertiary/aromatic N) is 2. The number of rotatable bonds is 4. The van der Waals surface area contributed by atoms with Gasteiger partial charge in [-0.3, -0.25) is 19.3 Å². The predicted molar refractivity (Wildman–Crippen MR) is 125 cm³/mol. The molecule has 1 amide bonds. The number of anilines is 1. The molecule has 2 aromatic carbocycles. The topological polar surface area (TPSA) is 66.8 Å². The summed E-state index contributed by atoms with van der Waals surface area (Å²) in [5.41, 5.74) is 2.77. The number of carbonyl (C=O) groups is 3. The van der Waals surface area contributed by atoms with E-state index in [0.717, 1.165) is 5.56 Å². The van der Waals surface area contributed by atoms with Crippen LogP contribution in [0.4, 0.5) is 5.69 Å². The summed E-state index contributed by atoms with van der Waals surface area (Å²) < 4.78 is 0. The van der Waals surface area contributed by atoms with Crippen molar-refractivity contribution in [1.82, 2.24) is 0 Å². The zero-order valence-corrected chi connectivity index (χ0v) is 18.1. The maximum Gasteiger partial charge on any atom is 0.271 e. The average Bonchev–Trinajstić information content (AvgIpc) is 3.06. The minimum absolute atomic E-state index is 0.169. The highest BCUT2D eigenvalue weighted by Gasteiger charge is 2.37. The molecule has 0 radical (unpaired) electrons. The number of amidine groups is 1. The minimum Gasteiger partial charge on any atom is -0.296 e. The van der Waals surface area contributed by atoms with E-state index < -0.39 is 6.04 Å². The second-order valence-electron chi connectivity index (χ2n) is 7.70. The van der Waals surface area contributed by atoms with Gasteiger partial charge in [-0.05, 0) is 53.1 Å². The van der Waals surface area contributed by atoms with Crippen LogP contribution in [0.2, 0.25) is 0 Å². The fourth-order valence-electron chi connectivity index (χ4n) is 3.39. The monoisotopic (exact) mass is 430 g/mol. The molecule has 1 heterocycles. The molecule has 0 aromatic heterocycles. The number of amides is 1. The predicted octanol–water partition coefficient (Wildman–Crippen LogP) is 4.75. The summed E-state index contributed by atoms with van der Waals surface area (Å²) >= 11 is 1.18. The van der Waals surface area contributed by atoms with Crippen LogP contribution in [0.1, 0.15) is 37.3 Å². The number of carbonyl (C=O) groups excluding carboxylic acids is 3. The lowest BCUT2D eigenvalue weighted by molar-refractivity contribution is -0.126. The first-order chi connectivity index (χ1) is 14.9. The lowest BCUT2D eigenvalue weighted by Crippen LogP contribution is -2.34. The molecule has 1 aliphatic heterocycles. The van der Waals surface area contributed by atoms with E-state index in [1.807, 2.05) is 36.4 Å². The van der Waals surface area contributed by atoms with Gasteiger partial charge >= 0.3 is 0 Å². The summed E-state index contributed by atoms with van der Waals surface area (Å²) in [6, 6.07) is 16.1. The Bertz CT molecular complexity index is 1120. The van der Waals surface area contributed by atoms with Gasteiger partial charge in [0.05, 0.1) is 10.6 Å². The zero-order chi connectivity index (χ0) is 22.0. The molecular formula is C25H22N2O3S. The number of hydrogen-bond acceptors (Lipinski definition) is 5. The molecule has 1 saturated heterocycles. The van der Waals surface area contributed by atoms with Gasteiger partial charge in [-0.2, -0.15) is 0 Å². The molecule has 0 N–H and O–H groups in total. The van der Waals surface area contributed by atoms with Gasteiger partial charge in [0.1, 0.15) is 0 Å². The Morgan fingerprint density at radius 1 is 1.03 bits per heavy atom. The highest BCUT2D eigenvalue weighted by Crippen LogP contribution is 2.36. The summed E-state index contributed by atoms with van der Waals surface area (Å²) in [7, 11) is 0. The van der Waals surface area contributed by atoms with E-state index in [1.165, 1.54) is 28.3 Å². The van der Waals surface area contributed by atoms with Gasteiger partial charge in [0.15, 0.2) is 22.8 Å².